The molecule has 2 aliphatic rings. The van der Waals surface area contributed by atoms with Crippen molar-refractivity contribution < 1.29 is 14.3 Å². The highest BCUT2D eigenvalue weighted by Crippen LogP contribution is 2.34. The molecule has 11 heteroatoms. The third-order valence-corrected chi connectivity index (χ3v) is 13.5. The summed E-state index contributed by atoms with van der Waals surface area (Å²) < 4.78 is 17.0. The number of anilines is 2. The Morgan fingerprint density at radius 1 is 0.536 bits per heavy atom. The second-order valence-corrected chi connectivity index (χ2v) is 17.9. The van der Waals surface area contributed by atoms with Crippen LogP contribution in [0.25, 0.3) is 22.1 Å². The Bertz CT molecular complexity index is 3140. The van der Waals surface area contributed by atoms with Gasteiger partial charge in [-0.05, 0) is 77.4 Å². The Balaban J connectivity index is 0.863. The minimum atomic E-state index is -0.683. The molecule has 4 heterocycles. The Labute approximate surface area is 403 Å². The molecule has 1 N–H and O–H groups in total. The summed E-state index contributed by atoms with van der Waals surface area (Å²) in [6.07, 6.45) is 0. The average Bonchev–Trinajstić information content (AvgIpc) is 3.95. The molecule has 346 valence electrons. The van der Waals surface area contributed by atoms with Crippen LogP contribution in [0.5, 0.6) is 11.5 Å². The molecule has 0 spiro atoms. The molecule has 1 atom stereocenters. The lowest BCUT2D eigenvalue weighted by atomic mass is 9.93. The van der Waals surface area contributed by atoms with Crippen molar-refractivity contribution in [3.63, 3.8) is 0 Å². The molecule has 2 aliphatic heterocycles. The maximum atomic E-state index is 15.6. The first-order valence-electron chi connectivity index (χ1n) is 24.1. The van der Waals surface area contributed by atoms with Crippen LogP contribution in [-0.4, -0.2) is 82.1 Å². The fourth-order valence-corrected chi connectivity index (χ4v) is 9.88. The number of Topliss-reactive ketones (excluding diaryl/α,β-unsaturated/α-hetero) is 1. The largest absolute Gasteiger partial charge is 0.486 e. The van der Waals surface area contributed by atoms with Crippen LogP contribution in [0.2, 0.25) is 0 Å². The van der Waals surface area contributed by atoms with Gasteiger partial charge >= 0.3 is 0 Å². The summed E-state index contributed by atoms with van der Waals surface area (Å²) in [5, 5.41) is 3.48. The van der Waals surface area contributed by atoms with Gasteiger partial charge in [-0.15, -0.1) is 0 Å². The molecule has 7 aromatic carbocycles. The van der Waals surface area contributed by atoms with Gasteiger partial charge in [0.2, 0.25) is 0 Å². The van der Waals surface area contributed by atoms with Gasteiger partial charge in [0, 0.05) is 82.4 Å². The summed E-state index contributed by atoms with van der Waals surface area (Å²) in [5.41, 5.74) is 9.92. The Morgan fingerprint density at radius 2 is 1.07 bits per heavy atom. The number of hydrogen-bond acceptors (Lipinski definition) is 9. The summed E-state index contributed by atoms with van der Waals surface area (Å²) in [5.74, 6) is 3.18. The highest BCUT2D eigenvalue weighted by Gasteiger charge is 2.31. The number of rotatable bonds is 16. The van der Waals surface area contributed by atoms with Crippen molar-refractivity contribution >= 4 is 39.2 Å². The smallest absolute Gasteiger partial charge is 0.190 e. The molecule has 0 radical (unpaired) electrons. The van der Waals surface area contributed by atoms with E-state index in [4.69, 9.17) is 19.4 Å². The van der Waals surface area contributed by atoms with Crippen molar-refractivity contribution in [1.29, 1.82) is 0 Å². The summed E-state index contributed by atoms with van der Waals surface area (Å²) in [6.45, 7) is 9.01. The monoisotopic (exact) mass is 912 g/mol. The van der Waals surface area contributed by atoms with Gasteiger partial charge in [-0.25, -0.2) is 9.97 Å². The van der Waals surface area contributed by atoms with E-state index in [1.54, 1.807) is 0 Å². The molecule has 2 aromatic heterocycles. The molecule has 0 bridgehead atoms. The van der Waals surface area contributed by atoms with Gasteiger partial charge in [-0.3, -0.25) is 9.69 Å². The average molecular weight is 913 g/mol. The topological polar surface area (TPSA) is 92.9 Å². The van der Waals surface area contributed by atoms with Crippen molar-refractivity contribution in [2.75, 3.05) is 62.2 Å². The minimum Gasteiger partial charge on any atom is -0.486 e. The quantitative estimate of drug-likeness (QED) is 0.0952. The molecule has 0 aliphatic carbocycles. The van der Waals surface area contributed by atoms with E-state index in [9.17, 15) is 0 Å². The molecule has 0 saturated carbocycles. The third-order valence-electron chi connectivity index (χ3n) is 13.5. The van der Waals surface area contributed by atoms with Gasteiger partial charge < -0.3 is 33.7 Å². The van der Waals surface area contributed by atoms with Gasteiger partial charge in [0.1, 0.15) is 42.4 Å². The molecule has 2 saturated heterocycles. The highest BCUT2D eigenvalue weighted by atomic mass is 16.5. The number of benzene rings is 7. The first-order valence-corrected chi connectivity index (χ1v) is 24.1. The number of carbonyl (C=O) groups is 1. The van der Waals surface area contributed by atoms with Gasteiger partial charge in [-0.2, -0.15) is 0 Å². The first kappa shape index (κ1) is 43.8. The maximum absolute atomic E-state index is 15.6. The van der Waals surface area contributed by atoms with E-state index < -0.39 is 6.04 Å². The zero-order chi connectivity index (χ0) is 46.4. The number of carbonyl (C=O) groups excluding carboxylic acids is 1. The molecule has 11 rings (SSSR count). The zero-order valence-electron chi connectivity index (χ0n) is 38.7. The molecular weight excluding hydrogens is 857 g/mol. The summed E-state index contributed by atoms with van der Waals surface area (Å²) in [6, 6.07) is 61.0. The Hall–Kier alpha value is -7.73. The summed E-state index contributed by atoms with van der Waals surface area (Å²) >= 11 is 0. The van der Waals surface area contributed by atoms with Crippen molar-refractivity contribution in [1.82, 2.24) is 29.3 Å². The van der Waals surface area contributed by atoms with E-state index in [1.807, 2.05) is 91.0 Å². The number of aromatic nitrogens is 4. The predicted octanol–water partition coefficient (Wildman–Crippen LogP) is 9.80. The van der Waals surface area contributed by atoms with Crippen molar-refractivity contribution in [2.45, 2.75) is 32.3 Å². The normalized spacial score (nSPS) is 14.8. The van der Waals surface area contributed by atoms with Gasteiger partial charge in [0.25, 0.3) is 0 Å². The van der Waals surface area contributed by atoms with Crippen LogP contribution in [-0.2, 0) is 26.3 Å². The second kappa shape index (κ2) is 20.2. The zero-order valence-corrected chi connectivity index (χ0v) is 38.7. The van der Waals surface area contributed by atoms with Crippen molar-refractivity contribution in [3.8, 4) is 11.5 Å². The van der Waals surface area contributed by atoms with Crippen LogP contribution >= 0.6 is 0 Å². The fourth-order valence-electron chi connectivity index (χ4n) is 9.88. The number of ether oxygens (including phenoxy) is 2. The van der Waals surface area contributed by atoms with E-state index in [1.165, 1.54) is 11.3 Å². The molecule has 9 aromatic rings. The molecule has 2 fully saturated rings. The molecule has 0 amide bonds. The van der Waals surface area contributed by atoms with Crippen LogP contribution < -0.4 is 24.6 Å². The number of nitrogens with zero attached hydrogens (tertiary/aromatic N) is 7. The van der Waals surface area contributed by atoms with Crippen LogP contribution in [0.4, 0.5) is 11.4 Å². The number of nitrogens with one attached hydrogen (secondary N) is 1. The summed E-state index contributed by atoms with van der Waals surface area (Å²) in [7, 11) is 0. The SMILES string of the molecule is O=C(c1ccccc1CN1CCN(c2ccc3nc(COc4ccccc4)n(Cc4ccccc4)c3c2)CC1)C(c1ccccc1)n1c(COc2ccccc2)nc2ccc(N3CCNCC3)cc21. The lowest BCUT2D eigenvalue weighted by Gasteiger charge is -2.36. The molecule has 69 heavy (non-hydrogen) atoms. The number of ketones is 1. The first-order chi connectivity index (χ1) is 34.1. The Morgan fingerprint density at radius 3 is 1.74 bits per heavy atom. The number of imidazole rings is 2. The lowest BCUT2D eigenvalue weighted by Crippen LogP contribution is -2.46. The third kappa shape index (κ3) is 9.70. The predicted molar refractivity (Wildman–Crippen MR) is 274 cm³/mol. The van der Waals surface area contributed by atoms with Crippen LogP contribution in [0.3, 0.4) is 0 Å². The Kier molecular flexibility index (Phi) is 12.9. The molecule has 1 unspecified atom stereocenters. The second-order valence-electron chi connectivity index (χ2n) is 17.9. The van der Waals surface area contributed by atoms with Gasteiger partial charge in [0.15, 0.2) is 5.78 Å². The van der Waals surface area contributed by atoms with Gasteiger partial charge in [-0.1, -0.05) is 121 Å². The summed E-state index contributed by atoms with van der Waals surface area (Å²) in [4.78, 5) is 33.2. The molecule has 11 nitrogen and oxygen atoms in total. The van der Waals surface area contributed by atoms with Crippen LogP contribution in [0, 0.1) is 0 Å². The lowest BCUT2D eigenvalue weighted by molar-refractivity contribution is 0.0942. The van der Waals surface area contributed by atoms with Crippen molar-refractivity contribution in [2.24, 2.45) is 0 Å². The van der Waals surface area contributed by atoms with Crippen LogP contribution in [0.1, 0.15) is 44.7 Å². The molecular formula is C58H56N8O3. The highest BCUT2D eigenvalue weighted by molar-refractivity contribution is 6.03. The van der Waals surface area contributed by atoms with E-state index in [-0.39, 0.29) is 12.4 Å². The number of para-hydroxylation sites is 2. The number of piperazine rings is 2. The minimum absolute atomic E-state index is 0.0252. The standard InChI is InChI=1S/C58H56N8O3/c67-58(57(44-17-7-2-8-18-44)66-54-38-47(63-31-29-59-30-32-63)26-28-52(54)61-56(66)42-69-49-22-11-4-12-23-49)50-24-14-13-19-45(50)40-62-33-35-64(36-34-62)46-25-27-51-53(37-46)65(39-43-15-5-1-6-16-43)55(60-51)41-68-48-20-9-3-10-21-48/h1-28,37-38,57,59H,29-36,39-42H2. The van der Waals surface area contributed by atoms with E-state index in [0.29, 0.717) is 31.1 Å². The van der Waals surface area contributed by atoms with E-state index >= 15 is 4.79 Å². The van der Waals surface area contributed by atoms with E-state index in [2.05, 4.69) is 120 Å². The van der Waals surface area contributed by atoms with Crippen molar-refractivity contribution in [3.05, 3.63) is 216 Å². The number of fused-ring (bicyclic) bond motifs is 2. The number of hydrogen-bond donors (Lipinski definition) is 1. The van der Waals surface area contributed by atoms with E-state index in [0.717, 1.165) is 109 Å². The fraction of sp³-hybridized carbons (Fsp3) is 0.224. The van der Waals surface area contributed by atoms with Crippen LogP contribution in [0.15, 0.2) is 182 Å². The maximum Gasteiger partial charge on any atom is 0.190 e. The van der Waals surface area contributed by atoms with Gasteiger partial charge in [0.05, 0.1) is 22.1 Å².